The van der Waals surface area contributed by atoms with Crippen molar-refractivity contribution in [3.05, 3.63) is 77.2 Å². The number of furan rings is 1. The number of carbonyl (C=O) groups excluding carboxylic acids is 1. The van der Waals surface area contributed by atoms with Gasteiger partial charge in [-0.2, -0.15) is 0 Å². The van der Waals surface area contributed by atoms with Crippen LogP contribution in [-0.2, 0) is 17.8 Å². The third kappa shape index (κ3) is 4.39. The van der Waals surface area contributed by atoms with E-state index >= 15 is 0 Å². The molecule has 0 saturated heterocycles. The number of amides is 1. The normalized spacial score (nSPS) is 11.0. The summed E-state index contributed by atoms with van der Waals surface area (Å²) in [5.41, 5.74) is 4.19. The van der Waals surface area contributed by atoms with Gasteiger partial charge in [0.05, 0.1) is 36.1 Å². The number of nitrogens with zero attached hydrogens (tertiary/aromatic N) is 2. The van der Waals surface area contributed by atoms with Gasteiger partial charge in [0, 0.05) is 0 Å². The van der Waals surface area contributed by atoms with Gasteiger partial charge in [-0.1, -0.05) is 29.5 Å². The standard InChI is InChI=1S/C24H24N2O3S/c1-4-28-19-9-7-18(8-10-19)14-22(27)26(15-20-6-5-11-29-20)24-25-21-13-16(2)12-17(3)23(21)30-24/h5-13H,4,14-15H2,1-3H3. The lowest BCUT2D eigenvalue weighted by Crippen LogP contribution is -2.31. The first kappa shape index (κ1) is 20.2. The fraction of sp³-hybridized carbons (Fsp3) is 0.250. The van der Waals surface area contributed by atoms with Gasteiger partial charge < -0.3 is 9.15 Å². The number of ether oxygens (including phenoxy) is 1. The van der Waals surface area contributed by atoms with Crippen molar-refractivity contribution in [2.45, 2.75) is 33.7 Å². The van der Waals surface area contributed by atoms with Gasteiger partial charge in [-0.15, -0.1) is 0 Å². The van der Waals surface area contributed by atoms with Crippen LogP contribution in [0.15, 0.2) is 59.2 Å². The van der Waals surface area contributed by atoms with Crippen LogP contribution in [0.3, 0.4) is 0 Å². The average molecular weight is 421 g/mol. The third-order valence-electron chi connectivity index (χ3n) is 4.82. The van der Waals surface area contributed by atoms with Crippen LogP contribution >= 0.6 is 11.3 Å². The first-order valence-corrected chi connectivity index (χ1v) is 10.8. The predicted molar refractivity (Wildman–Crippen MR) is 120 cm³/mol. The number of thiazole rings is 1. The molecule has 4 rings (SSSR count). The van der Waals surface area contributed by atoms with Gasteiger partial charge >= 0.3 is 0 Å². The Hall–Kier alpha value is -3.12. The lowest BCUT2D eigenvalue weighted by atomic mass is 10.1. The number of anilines is 1. The summed E-state index contributed by atoms with van der Waals surface area (Å²) in [5.74, 6) is 1.50. The maximum atomic E-state index is 13.3. The van der Waals surface area contributed by atoms with Gasteiger partial charge in [-0.3, -0.25) is 9.69 Å². The van der Waals surface area contributed by atoms with Crippen LogP contribution in [0.1, 0.15) is 29.4 Å². The number of aryl methyl sites for hydroxylation is 2. The van der Waals surface area contributed by atoms with E-state index in [1.807, 2.05) is 43.3 Å². The Labute approximate surface area is 179 Å². The lowest BCUT2D eigenvalue weighted by molar-refractivity contribution is -0.118. The summed E-state index contributed by atoms with van der Waals surface area (Å²) >= 11 is 1.54. The van der Waals surface area contributed by atoms with Crippen molar-refractivity contribution in [3.63, 3.8) is 0 Å². The summed E-state index contributed by atoms with van der Waals surface area (Å²) in [6, 6.07) is 15.6. The molecule has 0 bridgehead atoms. The zero-order chi connectivity index (χ0) is 21.1. The monoisotopic (exact) mass is 420 g/mol. The summed E-state index contributed by atoms with van der Waals surface area (Å²) in [6.07, 6.45) is 1.90. The van der Waals surface area contributed by atoms with Crippen LogP contribution in [0.4, 0.5) is 5.13 Å². The molecular weight excluding hydrogens is 396 g/mol. The molecule has 0 fully saturated rings. The van der Waals surface area contributed by atoms with Gasteiger partial charge in [0.25, 0.3) is 0 Å². The van der Waals surface area contributed by atoms with E-state index < -0.39 is 0 Å². The molecule has 0 aliphatic carbocycles. The van der Waals surface area contributed by atoms with Crippen LogP contribution < -0.4 is 9.64 Å². The third-order valence-corrected chi connectivity index (χ3v) is 6.05. The maximum Gasteiger partial charge on any atom is 0.233 e. The van der Waals surface area contributed by atoms with Crippen molar-refractivity contribution in [1.29, 1.82) is 0 Å². The Morgan fingerprint density at radius 1 is 1.17 bits per heavy atom. The lowest BCUT2D eigenvalue weighted by Gasteiger charge is -2.19. The van der Waals surface area contributed by atoms with Crippen LogP contribution in [0, 0.1) is 13.8 Å². The average Bonchev–Trinajstić information content (AvgIpc) is 3.37. The van der Waals surface area contributed by atoms with Crippen molar-refractivity contribution < 1.29 is 13.9 Å². The van der Waals surface area contributed by atoms with Crippen LogP contribution in [0.5, 0.6) is 5.75 Å². The van der Waals surface area contributed by atoms with Crippen molar-refractivity contribution >= 4 is 32.6 Å². The van der Waals surface area contributed by atoms with Crippen molar-refractivity contribution in [2.75, 3.05) is 11.5 Å². The quantitative estimate of drug-likeness (QED) is 0.386. The van der Waals surface area contributed by atoms with Gasteiger partial charge in [-0.25, -0.2) is 4.98 Å². The zero-order valence-electron chi connectivity index (χ0n) is 17.3. The van der Waals surface area contributed by atoms with E-state index in [9.17, 15) is 4.79 Å². The largest absolute Gasteiger partial charge is 0.494 e. The number of aromatic nitrogens is 1. The Morgan fingerprint density at radius 3 is 2.67 bits per heavy atom. The second kappa shape index (κ2) is 8.71. The second-order valence-corrected chi connectivity index (χ2v) is 8.22. The summed E-state index contributed by atoms with van der Waals surface area (Å²) in [6.45, 7) is 7.05. The fourth-order valence-corrected chi connectivity index (χ4v) is 4.47. The fourth-order valence-electron chi connectivity index (χ4n) is 3.44. The molecule has 0 aliphatic rings. The first-order valence-electron chi connectivity index (χ1n) is 9.95. The molecule has 2 aromatic carbocycles. The molecule has 0 spiro atoms. The van der Waals surface area contributed by atoms with Crippen molar-refractivity contribution in [1.82, 2.24) is 4.98 Å². The first-order chi connectivity index (χ1) is 14.5. The van der Waals surface area contributed by atoms with Gasteiger partial charge in [0.15, 0.2) is 5.13 Å². The molecule has 0 aliphatic heterocycles. The number of hydrogen-bond acceptors (Lipinski definition) is 5. The zero-order valence-corrected chi connectivity index (χ0v) is 18.2. The van der Waals surface area contributed by atoms with E-state index in [2.05, 4.69) is 26.0 Å². The minimum absolute atomic E-state index is 0.0241. The summed E-state index contributed by atoms with van der Waals surface area (Å²) in [7, 11) is 0. The molecule has 6 heteroatoms. The van der Waals surface area contributed by atoms with Crippen LogP contribution in [-0.4, -0.2) is 17.5 Å². The Kier molecular flexibility index (Phi) is 5.86. The predicted octanol–water partition coefficient (Wildman–Crippen LogP) is 5.68. The highest BCUT2D eigenvalue weighted by atomic mass is 32.1. The van der Waals surface area contributed by atoms with E-state index in [0.717, 1.165) is 32.9 Å². The van der Waals surface area contributed by atoms with Gasteiger partial charge in [0.2, 0.25) is 5.91 Å². The number of fused-ring (bicyclic) bond motifs is 1. The molecule has 0 atom stereocenters. The molecule has 2 aromatic heterocycles. The van der Waals surface area contributed by atoms with E-state index in [4.69, 9.17) is 14.1 Å². The minimum Gasteiger partial charge on any atom is -0.494 e. The van der Waals surface area contributed by atoms with Crippen molar-refractivity contribution in [2.24, 2.45) is 0 Å². The Balaban J connectivity index is 1.64. The topological polar surface area (TPSA) is 55.6 Å². The van der Waals surface area contributed by atoms with Crippen LogP contribution in [0.25, 0.3) is 10.2 Å². The second-order valence-electron chi connectivity index (χ2n) is 7.24. The summed E-state index contributed by atoms with van der Waals surface area (Å²) in [4.78, 5) is 19.8. The van der Waals surface area contributed by atoms with E-state index in [1.165, 1.54) is 5.56 Å². The Bertz CT molecular complexity index is 1150. The number of carbonyl (C=O) groups is 1. The molecule has 5 nitrogen and oxygen atoms in total. The molecule has 2 heterocycles. The number of hydrogen-bond donors (Lipinski definition) is 0. The summed E-state index contributed by atoms with van der Waals surface area (Å²) in [5, 5.41) is 0.686. The smallest absolute Gasteiger partial charge is 0.233 e. The molecule has 30 heavy (non-hydrogen) atoms. The van der Waals surface area contributed by atoms with Crippen LogP contribution in [0.2, 0.25) is 0 Å². The molecule has 4 aromatic rings. The molecule has 0 N–H and O–H groups in total. The number of benzene rings is 2. The number of rotatable bonds is 7. The molecule has 0 unspecified atom stereocenters. The maximum absolute atomic E-state index is 13.3. The van der Waals surface area contributed by atoms with Gasteiger partial charge in [0.1, 0.15) is 11.5 Å². The highest BCUT2D eigenvalue weighted by Gasteiger charge is 2.22. The Morgan fingerprint density at radius 2 is 1.97 bits per heavy atom. The minimum atomic E-state index is -0.0241. The molecule has 154 valence electrons. The van der Waals surface area contributed by atoms with Crippen molar-refractivity contribution in [3.8, 4) is 5.75 Å². The molecular formula is C24H24N2O3S. The molecule has 0 radical (unpaired) electrons. The molecule has 0 saturated carbocycles. The SMILES string of the molecule is CCOc1ccc(CC(=O)N(Cc2ccco2)c2nc3cc(C)cc(C)c3s2)cc1. The van der Waals surface area contributed by atoms with E-state index in [0.29, 0.717) is 18.3 Å². The highest BCUT2D eigenvalue weighted by Crippen LogP contribution is 2.33. The molecule has 1 amide bonds. The van der Waals surface area contributed by atoms with E-state index in [-0.39, 0.29) is 12.3 Å². The van der Waals surface area contributed by atoms with Gasteiger partial charge in [-0.05, 0) is 67.8 Å². The van der Waals surface area contributed by atoms with E-state index in [1.54, 1.807) is 22.5 Å². The highest BCUT2D eigenvalue weighted by molar-refractivity contribution is 7.22. The summed E-state index contributed by atoms with van der Waals surface area (Å²) < 4.78 is 12.1.